The molecule has 0 atom stereocenters. The molecule has 3 rings (SSSR count). The maximum absolute atomic E-state index is 12.1. The number of ether oxygens (including phenoxy) is 2. The van der Waals surface area contributed by atoms with Crippen molar-refractivity contribution < 1.29 is 19.2 Å². The van der Waals surface area contributed by atoms with E-state index in [0.29, 0.717) is 12.3 Å². The SMILES string of the molecule is COc1cc([N+](=O)[O-])ccc1NC(=O)C=CC1=Cc2ccccc2OC1. The summed E-state index contributed by atoms with van der Waals surface area (Å²) >= 11 is 0. The van der Waals surface area contributed by atoms with Crippen LogP contribution >= 0.6 is 0 Å². The Kier molecular flexibility index (Phi) is 4.98. The first-order valence-corrected chi connectivity index (χ1v) is 7.81. The molecule has 0 aliphatic carbocycles. The lowest BCUT2D eigenvalue weighted by Gasteiger charge is -2.15. The van der Waals surface area contributed by atoms with E-state index < -0.39 is 4.92 Å². The van der Waals surface area contributed by atoms with Gasteiger partial charge >= 0.3 is 0 Å². The molecule has 0 spiro atoms. The Morgan fingerprint density at radius 3 is 2.88 bits per heavy atom. The molecule has 1 aliphatic rings. The Morgan fingerprint density at radius 1 is 1.31 bits per heavy atom. The van der Waals surface area contributed by atoms with Crippen molar-refractivity contribution in [2.45, 2.75) is 0 Å². The molecular formula is C19H16N2O5. The van der Waals surface area contributed by atoms with Crippen LogP contribution in [0.5, 0.6) is 11.5 Å². The maximum atomic E-state index is 12.1. The van der Waals surface area contributed by atoms with Crippen molar-refractivity contribution in [3.8, 4) is 11.5 Å². The molecule has 0 fully saturated rings. The molecule has 1 aliphatic heterocycles. The molecule has 7 nitrogen and oxygen atoms in total. The molecule has 0 saturated heterocycles. The van der Waals surface area contributed by atoms with Crippen LogP contribution in [0, 0.1) is 10.1 Å². The summed E-state index contributed by atoms with van der Waals surface area (Å²) in [6.07, 6.45) is 5.00. The Bertz CT molecular complexity index is 918. The van der Waals surface area contributed by atoms with E-state index in [1.54, 1.807) is 6.08 Å². The number of nitro benzene ring substituents is 1. The third kappa shape index (κ3) is 3.89. The van der Waals surface area contributed by atoms with Gasteiger partial charge in [0.25, 0.3) is 5.69 Å². The fourth-order valence-electron chi connectivity index (χ4n) is 2.48. The van der Waals surface area contributed by atoms with E-state index >= 15 is 0 Å². The van der Waals surface area contributed by atoms with Crippen LogP contribution < -0.4 is 14.8 Å². The monoisotopic (exact) mass is 352 g/mol. The van der Waals surface area contributed by atoms with Crippen molar-refractivity contribution in [1.29, 1.82) is 0 Å². The Labute approximate surface area is 149 Å². The van der Waals surface area contributed by atoms with Gasteiger partial charge in [-0.15, -0.1) is 0 Å². The molecular weight excluding hydrogens is 336 g/mol. The van der Waals surface area contributed by atoms with Gasteiger partial charge in [-0.25, -0.2) is 0 Å². The third-order valence-electron chi connectivity index (χ3n) is 3.76. The number of non-ortho nitro benzene ring substituents is 1. The minimum Gasteiger partial charge on any atom is -0.494 e. The van der Waals surface area contributed by atoms with Crippen LogP contribution in [-0.2, 0) is 4.79 Å². The van der Waals surface area contributed by atoms with Crippen molar-refractivity contribution in [3.05, 3.63) is 75.9 Å². The molecule has 7 heteroatoms. The number of nitrogens with one attached hydrogen (secondary N) is 1. The molecule has 1 amide bonds. The molecule has 0 aromatic heterocycles. The lowest BCUT2D eigenvalue weighted by atomic mass is 10.1. The topological polar surface area (TPSA) is 90.7 Å². The number of carbonyl (C=O) groups excluding carboxylic acids is 1. The second-order valence-electron chi connectivity index (χ2n) is 5.51. The zero-order valence-corrected chi connectivity index (χ0v) is 14.0. The van der Waals surface area contributed by atoms with E-state index in [0.717, 1.165) is 16.9 Å². The van der Waals surface area contributed by atoms with Gasteiger partial charge in [-0.2, -0.15) is 0 Å². The van der Waals surface area contributed by atoms with Crippen molar-refractivity contribution in [2.24, 2.45) is 0 Å². The van der Waals surface area contributed by atoms with E-state index in [1.807, 2.05) is 30.3 Å². The number of anilines is 1. The van der Waals surface area contributed by atoms with Crippen LogP contribution in [0.4, 0.5) is 11.4 Å². The van der Waals surface area contributed by atoms with E-state index in [-0.39, 0.29) is 17.3 Å². The predicted molar refractivity (Wildman–Crippen MR) is 97.3 cm³/mol. The number of benzene rings is 2. The van der Waals surface area contributed by atoms with Crippen LogP contribution in [0.25, 0.3) is 6.08 Å². The molecule has 2 aromatic carbocycles. The number of rotatable bonds is 5. The van der Waals surface area contributed by atoms with Gasteiger partial charge in [0.2, 0.25) is 5.91 Å². The summed E-state index contributed by atoms with van der Waals surface area (Å²) in [7, 11) is 1.38. The number of carbonyl (C=O) groups is 1. The molecule has 132 valence electrons. The number of amides is 1. The van der Waals surface area contributed by atoms with Crippen LogP contribution in [-0.4, -0.2) is 24.5 Å². The first-order valence-electron chi connectivity index (χ1n) is 7.81. The minimum absolute atomic E-state index is 0.112. The second-order valence-corrected chi connectivity index (χ2v) is 5.51. The average molecular weight is 352 g/mol. The molecule has 1 N–H and O–H groups in total. The Morgan fingerprint density at radius 2 is 2.12 bits per heavy atom. The number of nitrogens with zero attached hydrogens (tertiary/aromatic N) is 1. The van der Waals surface area contributed by atoms with Gasteiger partial charge in [0.15, 0.2) is 0 Å². The number of hydrogen-bond donors (Lipinski definition) is 1. The van der Waals surface area contributed by atoms with Gasteiger partial charge in [0.1, 0.15) is 18.1 Å². The van der Waals surface area contributed by atoms with Crippen molar-refractivity contribution in [3.63, 3.8) is 0 Å². The summed E-state index contributed by atoms with van der Waals surface area (Å²) in [6, 6.07) is 11.6. The van der Waals surface area contributed by atoms with Crippen molar-refractivity contribution in [1.82, 2.24) is 0 Å². The summed E-state index contributed by atoms with van der Waals surface area (Å²) in [6.45, 7) is 0.377. The molecule has 0 bridgehead atoms. The van der Waals surface area contributed by atoms with Gasteiger partial charge in [0, 0.05) is 17.7 Å². The van der Waals surface area contributed by atoms with E-state index in [4.69, 9.17) is 9.47 Å². The second kappa shape index (κ2) is 7.52. The minimum atomic E-state index is -0.526. The first kappa shape index (κ1) is 17.2. The number of para-hydroxylation sites is 1. The zero-order valence-electron chi connectivity index (χ0n) is 14.0. The van der Waals surface area contributed by atoms with Crippen molar-refractivity contribution >= 4 is 23.4 Å². The van der Waals surface area contributed by atoms with Gasteiger partial charge < -0.3 is 14.8 Å². The highest BCUT2D eigenvalue weighted by Gasteiger charge is 2.13. The number of nitro groups is 1. The largest absolute Gasteiger partial charge is 0.494 e. The molecule has 0 unspecified atom stereocenters. The standard InChI is InChI=1S/C19H16N2O5/c1-25-18-11-15(21(23)24)7-8-16(18)20-19(22)9-6-13-10-14-4-2-3-5-17(14)26-12-13/h2-11H,12H2,1H3,(H,20,22). The normalized spacial score (nSPS) is 12.7. The van der Waals surface area contributed by atoms with Crippen LogP contribution in [0.1, 0.15) is 5.56 Å². The molecule has 1 heterocycles. The average Bonchev–Trinajstić information content (AvgIpc) is 2.66. The highest BCUT2D eigenvalue weighted by Crippen LogP contribution is 2.29. The van der Waals surface area contributed by atoms with E-state index in [1.165, 1.54) is 31.4 Å². The van der Waals surface area contributed by atoms with Crippen molar-refractivity contribution in [2.75, 3.05) is 19.0 Å². The Balaban J connectivity index is 1.71. The van der Waals surface area contributed by atoms with Gasteiger partial charge in [-0.05, 0) is 23.8 Å². The smallest absolute Gasteiger partial charge is 0.273 e. The molecule has 0 saturated carbocycles. The van der Waals surface area contributed by atoms with Gasteiger partial charge in [0.05, 0.1) is 23.8 Å². The van der Waals surface area contributed by atoms with Crippen LogP contribution in [0.2, 0.25) is 0 Å². The lowest BCUT2D eigenvalue weighted by molar-refractivity contribution is -0.384. The van der Waals surface area contributed by atoms with Gasteiger partial charge in [-0.1, -0.05) is 24.3 Å². The summed E-state index contributed by atoms with van der Waals surface area (Å²) < 4.78 is 10.7. The third-order valence-corrected chi connectivity index (χ3v) is 3.76. The highest BCUT2D eigenvalue weighted by molar-refractivity contribution is 6.00. The lowest BCUT2D eigenvalue weighted by Crippen LogP contribution is -2.10. The van der Waals surface area contributed by atoms with Gasteiger partial charge in [-0.3, -0.25) is 14.9 Å². The van der Waals surface area contributed by atoms with Crippen LogP contribution in [0.3, 0.4) is 0 Å². The summed E-state index contributed by atoms with van der Waals surface area (Å²) in [5.41, 5.74) is 2.05. The number of hydrogen-bond acceptors (Lipinski definition) is 5. The molecule has 2 aromatic rings. The fraction of sp³-hybridized carbons (Fsp3) is 0.105. The van der Waals surface area contributed by atoms with Crippen LogP contribution in [0.15, 0.2) is 60.2 Å². The fourth-order valence-corrected chi connectivity index (χ4v) is 2.48. The number of fused-ring (bicyclic) bond motifs is 1. The van der Waals surface area contributed by atoms with E-state index in [2.05, 4.69) is 5.32 Å². The summed E-state index contributed by atoms with van der Waals surface area (Å²) in [5, 5.41) is 13.4. The molecule has 26 heavy (non-hydrogen) atoms. The summed E-state index contributed by atoms with van der Waals surface area (Å²) in [5.74, 6) is 0.650. The summed E-state index contributed by atoms with van der Waals surface area (Å²) in [4.78, 5) is 22.4. The maximum Gasteiger partial charge on any atom is 0.273 e. The highest BCUT2D eigenvalue weighted by atomic mass is 16.6. The number of methoxy groups -OCH3 is 1. The molecule has 0 radical (unpaired) electrons. The Hall–Kier alpha value is -3.61. The van der Waals surface area contributed by atoms with E-state index in [9.17, 15) is 14.9 Å². The zero-order chi connectivity index (χ0) is 18.5. The first-order chi connectivity index (χ1) is 12.6. The quantitative estimate of drug-likeness (QED) is 0.505. The predicted octanol–water partition coefficient (Wildman–Crippen LogP) is 3.57.